The van der Waals surface area contributed by atoms with Gasteiger partial charge in [0.2, 0.25) is 0 Å². The van der Waals surface area contributed by atoms with Gasteiger partial charge in [-0.1, -0.05) is 25.8 Å². The molecule has 1 saturated carbocycles. The van der Waals surface area contributed by atoms with E-state index in [1.807, 2.05) is 0 Å². The minimum atomic E-state index is -0.942. The maximum atomic E-state index is 10.8. The number of benzene rings is 1. The van der Waals surface area contributed by atoms with Gasteiger partial charge in [-0.15, -0.1) is 0 Å². The minimum absolute atomic E-state index is 0.240. The van der Waals surface area contributed by atoms with Gasteiger partial charge < -0.3 is 14.6 Å². The molecule has 110 valence electrons. The number of hydrogen-bond acceptors (Lipinski definition) is 3. The van der Waals surface area contributed by atoms with E-state index in [0.29, 0.717) is 25.1 Å². The fourth-order valence-electron chi connectivity index (χ4n) is 2.62. The van der Waals surface area contributed by atoms with Gasteiger partial charge in [0.15, 0.2) is 0 Å². The predicted octanol–water partition coefficient (Wildman–Crippen LogP) is 3.36. The average Bonchev–Trinajstić information content (AvgIpc) is 2.44. The maximum Gasteiger partial charge on any atom is 0.335 e. The summed E-state index contributed by atoms with van der Waals surface area (Å²) in [5.74, 6) is 0.385. The highest BCUT2D eigenvalue weighted by Gasteiger charge is 2.18. The summed E-state index contributed by atoms with van der Waals surface area (Å²) in [6.45, 7) is 3.27. The quantitative estimate of drug-likeness (QED) is 0.811. The van der Waals surface area contributed by atoms with Crippen LogP contribution in [0.5, 0.6) is 5.75 Å². The minimum Gasteiger partial charge on any atom is -0.491 e. The Morgan fingerprint density at radius 2 is 2.20 bits per heavy atom. The van der Waals surface area contributed by atoms with Gasteiger partial charge in [-0.3, -0.25) is 0 Å². The molecule has 0 heterocycles. The summed E-state index contributed by atoms with van der Waals surface area (Å²) in [6.07, 6.45) is 5.17. The van der Waals surface area contributed by atoms with Crippen molar-refractivity contribution in [1.82, 2.24) is 0 Å². The third-order valence-corrected chi connectivity index (χ3v) is 3.67. The number of carbonyl (C=O) groups is 1. The van der Waals surface area contributed by atoms with Crippen LogP contribution in [0.25, 0.3) is 0 Å². The van der Waals surface area contributed by atoms with Crippen LogP contribution in [0.3, 0.4) is 0 Å². The third-order valence-electron chi connectivity index (χ3n) is 3.67. The average molecular weight is 278 g/mol. The summed E-state index contributed by atoms with van der Waals surface area (Å²) in [4.78, 5) is 10.8. The van der Waals surface area contributed by atoms with E-state index in [0.717, 1.165) is 18.8 Å². The monoisotopic (exact) mass is 278 g/mol. The van der Waals surface area contributed by atoms with Crippen LogP contribution in [0.15, 0.2) is 24.3 Å². The molecule has 1 aromatic carbocycles. The standard InChI is InChI=1S/C16H22O4/c1-12-4-2-6-14(10-12)19-8-9-20-15-7-3-5-13(11-15)16(17)18/h3,5,7,11-12,14H,2,4,6,8-10H2,1H3,(H,17,18). The molecule has 0 amide bonds. The Morgan fingerprint density at radius 1 is 1.35 bits per heavy atom. The Balaban J connectivity index is 1.70. The first-order chi connectivity index (χ1) is 9.65. The number of ether oxygens (including phenoxy) is 2. The van der Waals surface area contributed by atoms with Gasteiger partial charge in [-0.25, -0.2) is 4.79 Å². The van der Waals surface area contributed by atoms with E-state index in [-0.39, 0.29) is 5.56 Å². The van der Waals surface area contributed by atoms with Crippen molar-refractivity contribution in [1.29, 1.82) is 0 Å². The fourth-order valence-corrected chi connectivity index (χ4v) is 2.62. The van der Waals surface area contributed by atoms with Crippen LogP contribution in [0.4, 0.5) is 0 Å². The van der Waals surface area contributed by atoms with Crippen molar-refractivity contribution in [2.24, 2.45) is 5.92 Å². The SMILES string of the molecule is CC1CCCC(OCCOc2cccc(C(=O)O)c2)C1. The van der Waals surface area contributed by atoms with Gasteiger partial charge in [-0.05, 0) is 37.0 Å². The number of carboxylic acid groups (broad SMARTS) is 1. The molecule has 0 saturated heterocycles. The molecule has 1 aliphatic rings. The van der Waals surface area contributed by atoms with Gasteiger partial charge in [0.05, 0.1) is 18.3 Å². The highest BCUT2D eigenvalue weighted by molar-refractivity contribution is 5.87. The van der Waals surface area contributed by atoms with E-state index < -0.39 is 5.97 Å². The van der Waals surface area contributed by atoms with Crippen LogP contribution in [-0.2, 0) is 4.74 Å². The smallest absolute Gasteiger partial charge is 0.335 e. The molecule has 2 rings (SSSR count). The van der Waals surface area contributed by atoms with E-state index in [1.165, 1.54) is 18.9 Å². The zero-order valence-electron chi connectivity index (χ0n) is 11.9. The molecule has 0 aromatic heterocycles. The zero-order chi connectivity index (χ0) is 14.4. The molecular weight excluding hydrogens is 256 g/mol. The molecule has 2 unspecified atom stereocenters. The van der Waals surface area contributed by atoms with Crippen LogP contribution in [0.1, 0.15) is 43.0 Å². The van der Waals surface area contributed by atoms with Gasteiger partial charge in [0.1, 0.15) is 12.4 Å². The molecule has 1 N–H and O–H groups in total. The van der Waals surface area contributed by atoms with Crippen molar-refractivity contribution in [2.75, 3.05) is 13.2 Å². The number of carboxylic acids is 1. The number of aromatic carboxylic acids is 1. The Labute approximate surface area is 119 Å². The summed E-state index contributed by atoms with van der Waals surface area (Å²) in [7, 11) is 0. The van der Waals surface area contributed by atoms with Crippen LogP contribution in [0.2, 0.25) is 0 Å². The molecule has 0 spiro atoms. The highest BCUT2D eigenvalue weighted by atomic mass is 16.5. The molecule has 2 atom stereocenters. The lowest BCUT2D eigenvalue weighted by Gasteiger charge is -2.26. The summed E-state index contributed by atoms with van der Waals surface area (Å²) in [5, 5.41) is 8.90. The number of hydrogen-bond donors (Lipinski definition) is 1. The third kappa shape index (κ3) is 4.53. The number of rotatable bonds is 6. The molecule has 4 heteroatoms. The lowest BCUT2D eigenvalue weighted by molar-refractivity contribution is 0.00196. The molecular formula is C16H22O4. The maximum absolute atomic E-state index is 10.8. The first-order valence-electron chi connectivity index (χ1n) is 7.23. The Bertz CT molecular complexity index is 444. The van der Waals surface area contributed by atoms with Crippen molar-refractivity contribution in [3.05, 3.63) is 29.8 Å². The molecule has 0 aliphatic heterocycles. The van der Waals surface area contributed by atoms with Crippen molar-refractivity contribution >= 4 is 5.97 Å². The van der Waals surface area contributed by atoms with Crippen LogP contribution >= 0.6 is 0 Å². The second-order valence-electron chi connectivity index (χ2n) is 5.45. The summed E-state index contributed by atoms with van der Waals surface area (Å²) >= 11 is 0. The Morgan fingerprint density at radius 3 is 2.95 bits per heavy atom. The van der Waals surface area contributed by atoms with E-state index in [1.54, 1.807) is 18.2 Å². The first kappa shape index (κ1) is 14.9. The largest absolute Gasteiger partial charge is 0.491 e. The second-order valence-corrected chi connectivity index (χ2v) is 5.45. The van der Waals surface area contributed by atoms with Gasteiger partial charge in [0.25, 0.3) is 0 Å². The molecule has 20 heavy (non-hydrogen) atoms. The molecule has 1 fully saturated rings. The van der Waals surface area contributed by atoms with Crippen molar-refractivity contribution in [3.8, 4) is 5.75 Å². The Hall–Kier alpha value is -1.55. The molecule has 0 bridgehead atoms. The predicted molar refractivity (Wildman–Crippen MR) is 76.3 cm³/mol. The fraction of sp³-hybridized carbons (Fsp3) is 0.562. The molecule has 0 radical (unpaired) electrons. The van der Waals surface area contributed by atoms with Crippen molar-refractivity contribution in [3.63, 3.8) is 0 Å². The van der Waals surface area contributed by atoms with E-state index in [2.05, 4.69) is 6.92 Å². The summed E-state index contributed by atoms with van der Waals surface area (Å²) < 4.78 is 11.3. The van der Waals surface area contributed by atoms with E-state index >= 15 is 0 Å². The van der Waals surface area contributed by atoms with Gasteiger partial charge in [-0.2, -0.15) is 0 Å². The van der Waals surface area contributed by atoms with E-state index in [9.17, 15) is 4.79 Å². The van der Waals surface area contributed by atoms with Crippen molar-refractivity contribution in [2.45, 2.75) is 38.7 Å². The van der Waals surface area contributed by atoms with Crippen LogP contribution < -0.4 is 4.74 Å². The topological polar surface area (TPSA) is 55.8 Å². The Kier molecular flexibility index (Phi) is 5.41. The summed E-state index contributed by atoms with van der Waals surface area (Å²) in [5.41, 5.74) is 0.240. The lowest BCUT2D eigenvalue weighted by atomic mass is 9.89. The van der Waals surface area contributed by atoms with Crippen LogP contribution in [0, 0.1) is 5.92 Å². The lowest BCUT2D eigenvalue weighted by Crippen LogP contribution is -2.23. The van der Waals surface area contributed by atoms with Crippen LogP contribution in [-0.4, -0.2) is 30.4 Å². The first-order valence-corrected chi connectivity index (χ1v) is 7.23. The molecule has 1 aromatic rings. The molecule has 1 aliphatic carbocycles. The zero-order valence-corrected chi connectivity index (χ0v) is 11.9. The summed E-state index contributed by atoms with van der Waals surface area (Å²) in [6, 6.07) is 6.53. The van der Waals surface area contributed by atoms with E-state index in [4.69, 9.17) is 14.6 Å². The molecule has 4 nitrogen and oxygen atoms in total. The van der Waals surface area contributed by atoms with Gasteiger partial charge in [0, 0.05) is 0 Å². The van der Waals surface area contributed by atoms with Gasteiger partial charge >= 0.3 is 5.97 Å². The van der Waals surface area contributed by atoms with Crippen molar-refractivity contribution < 1.29 is 19.4 Å². The normalized spacial score (nSPS) is 22.4. The highest BCUT2D eigenvalue weighted by Crippen LogP contribution is 2.25. The second kappa shape index (κ2) is 7.29.